The van der Waals surface area contributed by atoms with Gasteiger partial charge in [0.05, 0.1) is 25.1 Å². The van der Waals surface area contributed by atoms with Gasteiger partial charge in [0.15, 0.2) is 30.1 Å². The van der Waals surface area contributed by atoms with Gasteiger partial charge in [-0.15, -0.1) is 5.10 Å². The van der Waals surface area contributed by atoms with Gasteiger partial charge in [0.1, 0.15) is 47.9 Å². The first-order valence-corrected chi connectivity index (χ1v) is 18.3. The Labute approximate surface area is 257 Å². The molecule has 0 spiro atoms. The van der Waals surface area contributed by atoms with Gasteiger partial charge in [0.25, 0.3) is 0 Å². The number of nitrogen functional groups attached to an aromatic ring is 1. The van der Waals surface area contributed by atoms with E-state index in [0.717, 1.165) is 5.56 Å². The predicted molar refractivity (Wildman–Crippen MR) is 155 cm³/mol. The van der Waals surface area contributed by atoms with Crippen molar-refractivity contribution in [3.05, 3.63) is 36.4 Å². The summed E-state index contributed by atoms with van der Waals surface area (Å²) in [6.45, 7) is -7.56. The Morgan fingerprint density at radius 3 is 2.45 bits per heavy atom. The Kier molecular flexibility index (Phi) is 7.81. The second-order valence-corrected chi connectivity index (χ2v) is 15.9. The molecule has 2 bridgehead atoms. The van der Waals surface area contributed by atoms with E-state index in [1.54, 1.807) is 12.1 Å². The van der Waals surface area contributed by atoms with Gasteiger partial charge in [-0.25, -0.2) is 24.0 Å². The van der Waals surface area contributed by atoms with Crippen LogP contribution in [0.15, 0.2) is 30.9 Å². The molecular weight excluding hydrogens is 665 g/mol. The van der Waals surface area contributed by atoms with E-state index >= 15 is 4.39 Å². The first-order valence-electron chi connectivity index (χ1n) is 13.1. The Bertz CT molecular complexity index is 1830. The van der Waals surface area contributed by atoms with E-state index in [2.05, 4.69) is 25.3 Å². The summed E-state index contributed by atoms with van der Waals surface area (Å²) in [6, 6.07) is 5.39. The largest absolute Gasteiger partial charge is 0.387 e. The first-order chi connectivity index (χ1) is 20.9. The monoisotopic (exact) mass is 690 g/mol. The van der Waals surface area contributed by atoms with E-state index in [4.69, 9.17) is 56.9 Å². The van der Waals surface area contributed by atoms with Crippen LogP contribution in [0.3, 0.4) is 0 Å². The van der Waals surface area contributed by atoms with Gasteiger partial charge in [0.2, 0.25) is 0 Å². The molecule has 3 aliphatic rings. The van der Waals surface area contributed by atoms with Crippen LogP contribution in [0.5, 0.6) is 0 Å². The van der Waals surface area contributed by atoms with E-state index in [9.17, 15) is 14.9 Å². The van der Waals surface area contributed by atoms with Crippen LogP contribution in [-0.4, -0.2) is 99.3 Å². The van der Waals surface area contributed by atoms with Gasteiger partial charge in [-0.2, -0.15) is 0 Å². The average Bonchev–Trinajstić information content (AvgIpc) is 3.73. The third-order valence-electron chi connectivity index (χ3n) is 7.50. The third kappa shape index (κ3) is 5.37. The molecule has 7 rings (SSSR count). The summed E-state index contributed by atoms with van der Waals surface area (Å²) < 4.78 is 53.1. The molecule has 2 unspecified atom stereocenters. The molecule has 5 N–H and O–H groups in total. The molecule has 0 radical (unpaired) electrons. The lowest BCUT2D eigenvalue weighted by molar-refractivity contribution is -0.0641. The van der Waals surface area contributed by atoms with Crippen LogP contribution in [0, 0.1) is 6.92 Å². The first kappa shape index (κ1) is 30.5. The van der Waals surface area contributed by atoms with Crippen molar-refractivity contribution < 1.29 is 46.9 Å². The van der Waals surface area contributed by atoms with Crippen LogP contribution in [0.2, 0.25) is 0 Å². The quantitative estimate of drug-likeness (QED) is 0.215. The number of hydrogen-bond donors (Lipinski definition) is 4. The molecule has 3 aromatic heterocycles. The summed E-state index contributed by atoms with van der Waals surface area (Å²) in [5, 5.41) is 19.5. The molecule has 3 aliphatic heterocycles. The number of aromatic nitrogens is 7. The molecule has 17 nitrogen and oxygen atoms in total. The van der Waals surface area contributed by atoms with Crippen molar-refractivity contribution in [1.29, 1.82) is 0 Å². The van der Waals surface area contributed by atoms with Crippen molar-refractivity contribution in [2.45, 2.75) is 56.1 Å². The van der Waals surface area contributed by atoms with E-state index in [-0.39, 0.29) is 17.0 Å². The smallest absolute Gasteiger partial charge is 0.325 e. The van der Waals surface area contributed by atoms with Crippen molar-refractivity contribution >= 4 is 65.1 Å². The minimum Gasteiger partial charge on any atom is -0.387 e. The van der Waals surface area contributed by atoms with Gasteiger partial charge in [-0.3, -0.25) is 13.6 Å². The topological polar surface area (TPSA) is 216 Å². The number of aryl methyl sites for hydroxylation is 1. The Morgan fingerprint density at radius 2 is 1.68 bits per heavy atom. The second-order valence-electron chi connectivity index (χ2n) is 10.3. The third-order valence-corrected chi connectivity index (χ3v) is 10.6. The number of rotatable bonds is 2. The number of nitrogens with zero attached hydrogens (tertiary/aromatic N) is 7. The molecule has 22 heteroatoms. The molecule has 0 amide bonds. The number of fused-ring (bicyclic) bond motifs is 5. The fraction of sp³-hybridized carbons (Fsp3) is 0.500. The summed E-state index contributed by atoms with van der Waals surface area (Å²) >= 11 is 10.5. The second kappa shape index (κ2) is 11.3. The Balaban J connectivity index is 1.20. The summed E-state index contributed by atoms with van der Waals surface area (Å²) in [5.74, 6) is 0.0769. The van der Waals surface area contributed by atoms with Gasteiger partial charge in [0, 0.05) is 0 Å². The molecule has 0 aliphatic carbocycles. The number of ether oxygens (including phenoxy) is 2. The van der Waals surface area contributed by atoms with Crippen LogP contribution in [0.25, 0.3) is 22.2 Å². The minimum absolute atomic E-state index is 0.0769. The number of nitrogens with two attached hydrogens (primary N) is 1. The maximum Gasteiger partial charge on any atom is 0.325 e. The van der Waals surface area contributed by atoms with Crippen molar-refractivity contribution in [3.8, 4) is 0 Å². The molecule has 10 atom stereocenters. The van der Waals surface area contributed by atoms with E-state index < -0.39 is 75.8 Å². The number of imidazole rings is 1. The van der Waals surface area contributed by atoms with Gasteiger partial charge < -0.3 is 39.1 Å². The predicted octanol–water partition coefficient (Wildman–Crippen LogP) is 0.906. The maximum absolute atomic E-state index is 16.0. The normalized spacial score (nSPS) is 38.3. The molecule has 0 saturated carbocycles. The van der Waals surface area contributed by atoms with Gasteiger partial charge in [-0.1, -0.05) is 17.3 Å². The zero-order valence-electron chi connectivity index (χ0n) is 22.5. The highest BCUT2D eigenvalue weighted by Crippen LogP contribution is 2.54. The fourth-order valence-corrected chi connectivity index (χ4v) is 8.24. The van der Waals surface area contributed by atoms with E-state index in [1.807, 2.05) is 13.0 Å². The van der Waals surface area contributed by atoms with Crippen LogP contribution >= 0.6 is 13.4 Å². The number of hydrogen-bond acceptors (Lipinski definition) is 15. The standard InChI is InChI=1S/C22H25FN8O9P2S2/c1-9-3-2-4-10-14(9)28-29-31(10)22-18-16(32)11(37-22)5-35-41(33,43)39-17-12(6-36-42(34,44)40-18)38-21(13(17)23)30-8-27-15-19(24)25-7-26-20(15)30/h2-4,7-8,11-13,16-18,21-22,32H,5-6H2,1H3,(H,33,43)(H,34,44)(H2,24,25,26)/t11-,12-,13-,16-,17-,18-,21-,22-,41?,42?/m1/s1. The van der Waals surface area contributed by atoms with Gasteiger partial charge >= 0.3 is 13.4 Å². The van der Waals surface area contributed by atoms with Crippen LogP contribution in [0.4, 0.5) is 10.2 Å². The number of benzene rings is 1. The van der Waals surface area contributed by atoms with Gasteiger partial charge in [-0.05, 0) is 42.2 Å². The van der Waals surface area contributed by atoms with Crippen molar-refractivity contribution in [2.24, 2.45) is 0 Å². The van der Waals surface area contributed by atoms with E-state index in [1.165, 1.54) is 21.9 Å². The molecule has 236 valence electrons. The SMILES string of the molecule is Cc1cccc2c1nnn2[C@@H]1O[C@@H]2COP(O)(=S)O[C@H]3[C@@H](F)[C@H](n4cnc5c(N)ncnc54)O[C@@H]3COP(O)(=S)O[C@@H]1[C@@H]2O. The molecule has 1 aromatic carbocycles. The minimum atomic E-state index is -4.19. The average molecular weight is 691 g/mol. The maximum atomic E-state index is 16.0. The highest BCUT2D eigenvalue weighted by molar-refractivity contribution is 8.07. The summed E-state index contributed by atoms with van der Waals surface area (Å²) in [7, 11) is 0. The Hall–Kier alpha value is -2.16. The molecule has 3 saturated heterocycles. The lowest BCUT2D eigenvalue weighted by Gasteiger charge is -2.27. The van der Waals surface area contributed by atoms with Crippen molar-refractivity contribution in [2.75, 3.05) is 18.9 Å². The molecular formula is C22H25FN8O9P2S2. The molecule has 6 heterocycles. The zero-order valence-corrected chi connectivity index (χ0v) is 25.9. The number of aliphatic hydroxyl groups excluding tert-OH is 1. The zero-order chi connectivity index (χ0) is 31.0. The number of alkyl halides is 1. The molecule has 3 fully saturated rings. The summed E-state index contributed by atoms with van der Waals surface area (Å²) in [4.78, 5) is 34.2. The Morgan fingerprint density at radius 1 is 0.977 bits per heavy atom. The summed E-state index contributed by atoms with van der Waals surface area (Å²) in [6.07, 6.45) is -8.84. The van der Waals surface area contributed by atoms with Crippen molar-refractivity contribution in [3.63, 3.8) is 0 Å². The molecule has 4 aromatic rings. The number of aliphatic hydroxyl groups is 1. The van der Waals surface area contributed by atoms with Crippen molar-refractivity contribution in [1.82, 2.24) is 34.5 Å². The van der Waals surface area contributed by atoms with Crippen LogP contribution in [0.1, 0.15) is 18.0 Å². The van der Waals surface area contributed by atoms with Crippen LogP contribution < -0.4 is 5.73 Å². The van der Waals surface area contributed by atoms with Crippen LogP contribution in [-0.2, 0) is 51.2 Å². The van der Waals surface area contributed by atoms with E-state index in [0.29, 0.717) is 11.0 Å². The lowest BCUT2D eigenvalue weighted by Crippen LogP contribution is -2.35. The highest BCUT2D eigenvalue weighted by atomic mass is 32.5. The number of anilines is 1. The molecule has 44 heavy (non-hydrogen) atoms. The summed E-state index contributed by atoms with van der Waals surface area (Å²) in [5.41, 5.74) is 8.24. The fourth-order valence-electron chi connectivity index (χ4n) is 5.39. The number of halogens is 1. The highest BCUT2D eigenvalue weighted by Gasteiger charge is 2.53. The lowest BCUT2D eigenvalue weighted by atomic mass is 10.1.